The fraction of sp³-hybridized carbons (Fsp3) is 0.833. The van der Waals surface area contributed by atoms with Crippen molar-refractivity contribution >= 4 is 0 Å². The van der Waals surface area contributed by atoms with Gasteiger partial charge in [0.25, 0.3) is 0 Å². The number of aliphatic hydroxyl groups is 1. The van der Waals surface area contributed by atoms with E-state index in [0.29, 0.717) is 5.92 Å². The normalized spacial score (nSPS) is 29.7. The van der Waals surface area contributed by atoms with Gasteiger partial charge < -0.3 is 5.11 Å². The summed E-state index contributed by atoms with van der Waals surface area (Å²) in [5, 5.41) is 9.67. The maximum Gasteiger partial charge on any atom is 0.0602 e. The predicted octanol–water partition coefficient (Wildman–Crippen LogP) is 3.28. The Kier molecular flexibility index (Phi) is 5.14. The second-order valence-corrected chi connectivity index (χ2v) is 4.09. The summed E-state index contributed by atoms with van der Waals surface area (Å²) in [4.78, 5) is 0. The van der Waals surface area contributed by atoms with Crippen LogP contribution in [0.4, 0.5) is 0 Å². The highest BCUT2D eigenvalue weighted by molar-refractivity contribution is 4.93. The van der Waals surface area contributed by atoms with Gasteiger partial charge >= 0.3 is 0 Å². The zero-order valence-corrected chi connectivity index (χ0v) is 8.71. The number of hydrogen-bond donors (Lipinski definition) is 1. The Morgan fingerprint density at radius 1 is 1.31 bits per heavy atom. The van der Waals surface area contributed by atoms with E-state index < -0.39 is 0 Å². The summed E-state index contributed by atoms with van der Waals surface area (Å²) >= 11 is 0. The summed E-state index contributed by atoms with van der Waals surface area (Å²) in [6.45, 7) is 2.21. The van der Waals surface area contributed by atoms with Crippen LogP contribution in [0.2, 0.25) is 0 Å². The molecule has 76 valence electrons. The van der Waals surface area contributed by atoms with Gasteiger partial charge in [0.1, 0.15) is 0 Å². The monoisotopic (exact) mass is 182 g/mol. The number of allylic oxidation sites excluding steroid dienone is 1. The molecule has 0 heterocycles. The SMILES string of the molecule is CCCC/C=C/[C@H]1CCCC[C@H]1O. The van der Waals surface area contributed by atoms with Gasteiger partial charge in [-0.2, -0.15) is 0 Å². The van der Waals surface area contributed by atoms with E-state index in [2.05, 4.69) is 19.1 Å². The molecule has 0 aromatic carbocycles. The molecule has 1 N–H and O–H groups in total. The second kappa shape index (κ2) is 6.20. The van der Waals surface area contributed by atoms with Crippen LogP contribution in [0, 0.1) is 5.92 Å². The third-order valence-electron chi connectivity index (χ3n) is 2.89. The van der Waals surface area contributed by atoms with Crippen molar-refractivity contribution in [2.24, 2.45) is 5.92 Å². The van der Waals surface area contributed by atoms with Crippen molar-refractivity contribution in [2.45, 2.75) is 58.0 Å². The smallest absolute Gasteiger partial charge is 0.0602 e. The van der Waals surface area contributed by atoms with Gasteiger partial charge in [0, 0.05) is 5.92 Å². The molecule has 0 radical (unpaired) electrons. The van der Waals surface area contributed by atoms with Gasteiger partial charge in [-0.1, -0.05) is 44.8 Å². The molecule has 1 nitrogen and oxygen atoms in total. The van der Waals surface area contributed by atoms with Crippen LogP contribution in [-0.4, -0.2) is 11.2 Å². The minimum Gasteiger partial charge on any atom is -0.393 e. The molecule has 0 bridgehead atoms. The highest BCUT2D eigenvalue weighted by atomic mass is 16.3. The summed E-state index contributed by atoms with van der Waals surface area (Å²) in [6, 6.07) is 0. The molecule has 0 spiro atoms. The summed E-state index contributed by atoms with van der Waals surface area (Å²) in [5.74, 6) is 0.450. The average molecular weight is 182 g/mol. The summed E-state index contributed by atoms with van der Waals surface area (Å²) < 4.78 is 0. The minimum atomic E-state index is -0.0633. The molecule has 1 fully saturated rings. The van der Waals surface area contributed by atoms with E-state index in [0.717, 1.165) is 6.42 Å². The standard InChI is InChI=1S/C12H22O/c1-2-3-4-5-8-11-9-6-7-10-12(11)13/h5,8,11-13H,2-4,6-7,9-10H2,1H3/b8-5+/t11-,12+/m0/s1. The highest BCUT2D eigenvalue weighted by Crippen LogP contribution is 2.25. The first-order valence-corrected chi connectivity index (χ1v) is 5.69. The van der Waals surface area contributed by atoms with Crippen molar-refractivity contribution in [1.29, 1.82) is 0 Å². The quantitative estimate of drug-likeness (QED) is 0.522. The van der Waals surface area contributed by atoms with Crippen molar-refractivity contribution < 1.29 is 5.11 Å². The van der Waals surface area contributed by atoms with Crippen LogP contribution in [0.5, 0.6) is 0 Å². The first-order valence-electron chi connectivity index (χ1n) is 5.69. The van der Waals surface area contributed by atoms with Crippen LogP contribution in [0.25, 0.3) is 0 Å². The van der Waals surface area contributed by atoms with Crippen LogP contribution >= 0.6 is 0 Å². The lowest BCUT2D eigenvalue weighted by atomic mass is 9.86. The third-order valence-corrected chi connectivity index (χ3v) is 2.89. The molecule has 1 aliphatic rings. The zero-order valence-electron chi connectivity index (χ0n) is 8.71. The summed E-state index contributed by atoms with van der Waals surface area (Å²) in [5.41, 5.74) is 0. The molecule has 1 aliphatic carbocycles. The van der Waals surface area contributed by atoms with Gasteiger partial charge in [-0.15, -0.1) is 0 Å². The first-order chi connectivity index (χ1) is 6.34. The van der Waals surface area contributed by atoms with Gasteiger partial charge in [0.15, 0.2) is 0 Å². The van der Waals surface area contributed by atoms with E-state index >= 15 is 0 Å². The van der Waals surface area contributed by atoms with Crippen LogP contribution in [-0.2, 0) is 0 Å². The Balaban J connectivity index is 2.21. The maximum absolute atomic E-state index is 9.67. The molecule has 0 saturated heterocycles. The first kappa shape index (κ1) is 10.8. The van der Waals surface area contributed by atoms with E-state index in [1.54, 1.807) is 0 Å². The lowest BCUT2D eigenvalue weighted by molar-refractivity contribution is 0.0926. The van der Waals surface area contributed by atoms with Gasteiger partial charge in [-0.05, 0) is 19.3 Å². The average Bonchev–Trinajstić information content (AvgIpc) is 2.15. The van der Waals surface area contributed by atoms with Crippen molar-refractivity contribution in [2.75, 3.05) is 0 Å². The van der Waals surface area contributed by atoms with E-state index in [9.17, 15) is 5.11 Å². The zero-order chi connectivity index (χ0) is 9.52. The van der Waals surface area contributed by atoms with E-state index in [4.69, 9.17) is 0 Å². The molecule has 13 heavy (non-hydrogen) atoms. The predicted molar refractivity (Wildman–Crippen MR) is 56.6 cm³/mol. The number of unbranched alkanes of at least 4 members (excludes halogenated alkanes) is 2. The molecule has 1 heteroatoms. The molecular weight excluding hydrogens is 160 g/mol. The van der Waals surface area contributed by atoms with Gasteiger partial charge in [-0.3, -0.25) is 0 Å². The Hall–Kier alpha value is -0.300. The van der Waals surface area contributed by atoms with E-state index in [-0.39, 0.29) is 6.10 Å². The van der Waals surface area contributed by atoms with Crippen molar-refractivity contribution in [3.05, 3.63) is 12.2 Å². The maximum atomic E-state index is 9.67. The van der Waals surface area contributed by atoms with E-state index in [1.165, 1.54) is 38.5 Å². The fourth-order valence-electron chi connectivity index (χ4n) is 1.96. The molecule has 2 atom stereocenters. The fourth-order valence-corrected chi connectivity index (χ4v) is 1.96. The molecule has 0 unspecified atom stereocenters. The molecule has 1 rings (SSSR count). The Bertz CT molecular complexity index is 151. The lowest BCUT2D eigenvalue weighted by Crippen LogP contribution is -2.22. The third kappa shape index (κ3) is 3.95. The molecule has 0 aromatic heterocycles. The summed E-state index contributed by atoms with van der Waals surface area (Å²) in [6.07, 6.45) is 12.8. The van der Waals surface area contributed by atoms with Gasteiger partial charge in [0.2, 0.25) is 0 Å². The van der Waals surface area contributed by atoms with Gasteiger partial charge in [-0.25, -0.2) is 0 Å². The minimum absolute atomic E-state index is 0.0633. The largest absolute Gasteiger partial charge is 0.393 e. The van der Waals surface area contributed by atoms with Crippen LogP contribution in [0.1, 0.15) is 51.9 Å². The lowest BCUT2D eigenvalue weighted by Gasteiger charge is -2.24. The van der Waals surface area contributed by atoms with Crippen molar-refractivity contribution in [3.63, 3.8) is 0 Å². The second-order valence-electron chi connectivity index (χ2n) is 4.09. The summed E-state index contributed by atoms with van der Waals surface area (Å²) in [7, 11) is 0. The molecule has 0 aromatic rings. The Morgan fingerprint density at radius 3 is 2.77 bits per heavy atom. The van der Waals surface area contributed by atoms with Crippen LogP contribution < -0.4 is 0 Å². The van der Waals surface area contributed by atoms with Crippen molar-refractivity contribution in [3.8, 4) is 0 Å². The molecule has 0 amide bonds. The van der Waals surface area contributed by atoms with Gasteiger partial charge in [0.05, 0.1) is 6.10 Å². The highest BCUT2D eigenvalue weighted by Gasteiger charge is 2.19. The number of rotatable bonds is 4. The Labute approximate surface area is 81.9 Å². The van der Waals surface area contributed by atoms with E-state index in [1.807, 2.05) is 0 Å². The molecule has 1 saturated carbocycles. The topological polar surface area (TPSA) is 20.2 Å². The van der Waals surface area contributed by atoms with Crippen LogP contribution in [0.15, 0.2) is 12.2 Å². The molecular formula is C12H22O. The Morgan fingerprint density at radius 2 is 2.08 bits per heavy atom. The molecule has 0 aliphatic heterocycles. The van der Waals surface area contributed by atoms with Crippen molar-refractivity contribution in [1.82, 2.24) is 0 Å². The van der Waals surface area contributed by atoms with Crippen LogP contribution in [0.3, 0.4) is 0 Å². The number of hydrogen-bond acceptors (Lipinski definition) is 1. The number of aliphatic hydroxyl groups excluding tert-OH is 1.